The standard InChI is InChI=1S/C17H21ClN2O5/c1-10(2)17(3,9-19)20-14(21)8-25-16(22)11-6-12(18)15(24-5)13(7-11)23-4/h6-7,10H,8H2,1-5H3,(H,20,21)/t17-/m0/s1. The molecule has 0 saturated carbocycles. The lowest BCUT2D eigenvalue weighted by molar-refractivity contribution is -0.125. The van der Waals surface area contributed by atoms with E-state index in [-0.39, 0.29) is 22.3 Å². The Labute approximate surface area is 151 Å². The van der Waals surface area contributed by atoms with Crippen LogP contribution in [0.15, 0.2) is 12.1 Å². The van der Waals surface area contributed by atoms with Crippen molar-refractivity contribution in [2.24, 2.45) is 5.92 Å². The third kappa shape index (κ3) is 5.00. The number of carbonyl (C=O) groups excluding carboxylic acids is 2. The third-order valence-corrected chi connectivity index (χ3v) is 4.07. The second kappa shape index (κ2) is 8.58. The summed E-state index contributed by atoms with van der Waals surface area (Å²) >= 11 is 6.03. The molecule has 0 aliphatic carbocycles. The van der Waals surface area contributed by atoms with Gasteiger partial charge in [-0.25, -0.2) is 4.79 Å². The van der Waals surface area contributed by atoms with Crippen LogP contribution in [0.3, 0.4) is 0 Å². The van der Waals surface area contributed by atoms with Gasteiger partial charge in [0, 0.05) is 0 Å². The number of hydrogen-bond acceptors (Lipinski definition) is 6. The first-order valence-electron chi connectivity index (χ1n) is 7.49. The van der Waals surface area contributed by atoms with Crippen molar-refractivity contribution in [3.05, 3.63) is 22.7 Å². The zero-order chi connectivity index (χ0) is 19.2. The van der Waals surface area contributed by atoms with Crippen LogP contribution in [0, 0.1) is 17.2 Å². The SMILES string of the molecule is COc1cc(C(=O)OCC(=O)N[C@@](C)(C#N)C(C)C)cc(Cl)c1OC. The monoisotopic (exact) mass is 368 g/mol. The minimum absolute atomic E-state index is 0.109. The van der Waals surface area contributed by atoms with Gasteiger partial charge in [-0.1, -0.05) is 25.4 Å². The van der Waals surface area contributed by atoms with Crippen LogP contribution in [0.4, 0.5) is 0 Å². The van der Waals surface area contributed by atoms with Gasteiger partial charge < -0.3 is 19.5 Å². The molecule has 7 nitrogen and oxygen atoms in total. The number of nitrogens with one attached hydrogen (secondary N) is 1. The summed E-state index contributed by atoms with van der Waals surface area (Å²) in [6.07, 6.45) is 0. The number of hydrogen-bond donors (Lipinski definition) is 1. The molecule has 0 heterocycles. The van der Waals surface area contributed by atoms with E-state index in [0.29, 0.717) is 5.75 Å². The van der Waals surface area contributed by atoms with Crippen molar-refractivity contribution in [2.75, 3.05) is 20.8 Å². The molecule has 1 rings (SSSR count). The van der Waals surface area contributed by atoms with Gasteiger partial charge in [-0.15, -0.1) is 0 Å². The van der Waals surface area contributed by atoms with Crippen LogP contribution in [-0.4, -0.2) is 38.2 Å². The van der Waals surface area contributed by atoms with Crippen molar-refractivity contribution in [3.63, 3.8) is 0 Å². The Balaban J connectivity index is 2.80. The number of methoxy groups -OCH3 is 2. The second-order valence-corrected chi connectivity index (χ2v) is 6.19. The van der Waals surface area contributed by atoms with Gasteiger partial charge in [0.05, 0.1) is 30.9 Å². The van der Waals surface area contributed by atoms with Crippen LogP contribution in [0.1, 0.15) is 31.1 Å². The maximum atomic E-state index is 12.1. The highest BCUT2D eigenvalue weighted by atomic mass is 35.5. The van der Waals surface area contributed by atoms with Gasteiger partial charge in [0.2, 0.25) is 0 Å². The van der Waals surface area contributed by atoms with Crippen LogP contribution in [-0.2, 0) is 9.53 Å². The van der Waals surface area contributed by atoms with Crippen molar-refractivity contribution in [3.8, 4) is 17.6 Å². The van der Waals surface area contributed by atoms with Gasteiger partial charge in [-0.05, 0) is 25.0 Å². The third-order valence-electron chi connectivity index (χ3n) is 3.79. The minimum atomic E-state index is -1.05. The Morgan fingerprint density at radius 2 is 1.96 bits per heavy atom. The lowest BCUT2D eigenvalue weighted by Gasteiger charge is -2.27. The molecule has 1 atom stereocenters. The van der Waals surface area contributed by atoms with E-state index in [1.54, 1.807) is 20.8 Å². The Kier molecular flexibility index (Phi) is 7.07. The molecule has 0 fully saturated rings. The molecule has 136 valence electrons. The fourth-order valence-electron chi connectivity index (χ4n) is 1.88. The molecular formula is C17H21ClN2O5. The molecule has 0 spiro atoms. The average Bonchev–Trinajstić information content (AvgIpc) is 2.58. The molecular weight excluding hydrogens is 348 g/mol. The summed E-state index contributed by atoms with van der Waals surface area (Å²) in [5.74, 6) is -0.871. The normalized spacial score (nSPS) is 12.7. The molecule has 0 unspecified atom stereocenters. The Bertz CT molecular complexity index is 699. The topological polar surface area (TPSA) is 97.6 Å². The first kappa shape index (κ1) is 20.6. The summed E-state index contributed by atoms with van der Waals surface area (Å²) in [6.45, 7) is 4.70. The molecule has 1 N–H and O–H groups in total. The van der Waals surface area contributed by atoms with E-state index in [2.05, 4.69) is 5.32 Å². The molecule has 1 amide bonds. The van der Waals surface area contributed by atoms with Crippen LogP contribution >= 0.6 is 11.6 Å². The summed E-state index contributed by atoms with van der Waals surface area (Å²) < 4.78 is 15.2. The first-order valence-corrected chi connectivity index (χ1v) is 7.87. The molecule has 0 aromatic heterocycles. The lowest BCUT2D eigenvalue weighted by atomic mass is 9.90. The summed E-state index contributed by atoms with van der Waals surface area (Å²) in [5, 5.41) is 11.9. The predicted molar refractivity (Wildman–Crippen MR) is 91.8 cm³/mol. The molecule has 25 heavy (non-hydrogen) atoms. The van der Waals surface area contributed by atoms with Crippen LogP contribution in [0.25, 0.3) is 0 Å². The molecule has 0 bridgehead atoms. The van der Waals surface area contributed by atoms with E-state index in [1.807, 2.05) is 6.07 Å². The fourth-order valence-corrected chi connectivity index (χ4v) is 2.17. The number of benzene rings is 1. The van der Waals surface area contributed by atoms with Gasteiger partial charge >= 0.3 is 5.97 Å². The summed E-state index contributed by atoms with van der Waals surface area (Å²) in [4.78, 5) is 24.1. The van der Waals surface area contributed by atoms with E-state index < -0.39 is 24.0 Å². The number of nitriles is 1. The minimum Gasteiger partial charge on any atom is -0.493 e. The predicted octanol–water partition coefficient (Wildman–Crippen LogP) is 2.57. The van der Waals surface area contributed by atoms with Gasteiger partial charge in [0.1, 0.15) is 5.54 Å². The van der Waals surface area contributed by atoms with Crippen LogP contribution < -0.4 is 14.8 Å². The maximum Gasteiger partial charge on any atom is 0.338 e. The van der Waals surface area contributed by atoms with Crippen LogP contribution in [0.2, 0.25) is 5.02 Å². The van der Waals surface area contributed by atoms with E-state index in [1.165, 1.54) is 26.4 Å². The highest BCUT2D eigenvalue weighted by Crippen LogP contribution is 2.36. The van der Waals surface area contributed by atoms with Crippen molar-refractivity contribution in [2.45, 2.75) is 26.3 Å². The number of nitrogens with zero attached hydrogens (tertiary/aromatic N) is 1. The number of rotatable bonds is 7. The van der Waals surface area contributed by atoms with Gasteiger partial charge in [0.25, 0.3) is 5.91 Å². The van der Waals surface area contributed by atoms with Crippen molar-refractivity contribution in [1.29, 1.82) is 5.26 Å². The Morgan fingerprint density at radius 3 is 2.44 bits per heavy atom. The molecule has 0 radical (unpaired) electrons. The highest BCUT2D eigenvalue weighted by Gasteiger charge is 2.30. The smallest absolute Gasteiger partial charge is 0.338 e. The van der Waals surface area contributed by atoms with Crippen molar-refractivity contribution >= 4 is 23.5 Å². The fraction of sp³-hybridized carbons (Fsp3) is 0.471. The summed E-state index contributed by atoms with van der Waals surface area (Å²) in [7, 11) is 2.83. The lowest BCUT2D eigenvalue weighted by Crippen LogP contribution is -2.50. The number of carbonyl (C=O) groups is 2. The molecule has 0 aliphatic rings. The number of amides is 1. The van der Waals surface area contributed by atoms with Crippen molar-refractivity contribution in [1.82, 2.24) is 5.32 Å². The summed E-state index contributed by atoms with van der Waals surface area (Å²) in [6, 6.07) is 4.80. The first-order chi connectivity index (χ1) is 11.7. The van der Waals surface area contributed by atoms with Gasteiger partial charge in [-0.2, -0.15) is 5.26 Å². The number of ether oxygens (including phenoxy) is 3. The average molecular weight is 369 g/mol. The number of halogens is 1. The molecule has 8 heteroatoms. The van der Waals surface area contributed by atoms with E-state index in [4.69, 9.17) is 25.8 Å². The van der Waals surface area contributed by atoms with Crippen molar-refractivity contribution < 1.29 is 23.8 Å². The molecule has 1 aromatic carbocycles. The Morgan fingerprint density at radius 1 is 1.32 bits per heavy atom. The molecule has 0 saturated heterocycles. The van der Waals surface area contributed by atoms with Gasteiger partial charge in [-0.3, -0.25) is 4.79 Å². The van der Waals surface area contributed by atoms with E-state index in [9.17, 15) is 14.9 Å². The van der Waals surface area contributed by atoms with Crippen LogP contribution in [0.5, 0.6) is 11.5 Å². The Hall–Kier alpha value is -2.46. The molecule has 1 aromatic rings. The second-order valence-electron chi connectivity index (χ2n) is 5.79. The van der Waals surface area contributed by atoms with Gasteiger partial charge in [0.15, 0.2) is 18.1 Å². The zero-order valence-electron chi connectivity index (χ0n) is 14.8. The maximum absolute atomic E-state index is 12.1. The largest absolute Gasteiger partial charge is 0.493 e. The zero-order valence-corrected chi connectivity index (χ0v) is 15.6. The molecule has 0 aliphatic heterocycles. The van der Waals surface area contributed by atoms with E-state index in [0.717, 1.165) is 0 Å². The number of esters is 1. The summed E-state index contributed by atoms with van der Waals surface area (Å²) in [5.41, 5.74) is -0.932. The highest BCUT2D eigenvalue weighted by molar-refractivity contribution is 6.32. The quantitative estimate of drug-likeness (QED) is 0.743. The van der Waals surface area contributed by atoms with E-state index >= 15 is 0 Å².